The summed E-state index contributed by atoms with van der Waals surface area (Å²) in [6.45, 7) is 1.64. The van der Waals surface area contributed by atoms with E-state index in [1.165, 1.54) is 0 Å². The summed E-state index contributed by atoms with van der Waals surface area (Å²) in [5.74, 6) is 0.0772. The number of nitrogens with zero attached hydrogens (tertiary/aromatic N) is 1. The van der Waals surface area contributed by atoms with E-state index in [0.29, 0.717) is 32.5 Å². The molecule has 1 saturated heterocycles. The van der Waals surface area contributed by atoms with Crippen molar-refractivity contribution in [2.75, 3.05) is 26.8 Å². The lowest BCUT2D eigenvalue weighted by Gasteiger charge is -2.14. The minimum atomic E-state index is -0.323. The van der Waals surface area contributed by atoms with E-state index < -0.39 is 0 Å². The van der Waals surface area contributed by atoms with E-state index >= 15 is 0 Å². The van der Waals surface area contributed by atoms with E-state index in [1.807, 2.05) is 0 Å². The summed E-state index contributed by atoms with van der Waals surface area (Å²) in [7, 11) is 1.58. The molecule has 1 amide bonds. The SMILES string of the molecule is COCCC(=O)N1CC[C@H](O)C1. The molecule has 0 radical (unpaired) electrons. The highest BCUT2D eigenvalue weighted by Gasteiger charge is 2.23. The monoisotopic (exact) mass is 173 g/mol. The Bertz CT molecular complexity index is 160. The number of methoxy groups -OCH3 is 1. The van der Waals surface area contributed by atoms with Crippen molar-refractivity contribution < 1.29 is 14.6 Å². The van der Waals surface area contributed by atoms with Crippen molar-refractivity contribution in [3.8, 4) is 0 Å². The van der Waals surface area contributed by atoms with Crippen LogP contribution in [0.2, 0.25) is 0 Å². The van der Waals surface area contributed by atoms with Crippen LogP contribution < -0.4 is 0 Å². The van der Waals surface area contributed by atoms with Crippen LogP contribution in [0.3, 0.4) is 0 Å². The second kappa shape index (κ2) is 4.42. The predicted molar refractivity (Wildman–Crippen MR) is 43.7 cm³/mol. The molecule has 70 valence electrons. The Morgan fingerprint density at radius 1 is 1.75 bits per heavy atom. The number of carbonyl (C=O) groups is 1. The fourth-order valence-electron chi connectivity index (χ4n) is 1.32. The minimum Gasteiger partial charge on any atom is -0.391 e. The number of hydrogen-bond acceptors (Lipinski definition) is 3. The topological polar surface area (TPSA) is 49.8 Å². The molecule has 12 heavy (non-hydrogen) atoms. The molecule has 1 fully saturated rings. The highest BCUT2D eigenvalue weighted by molar-refractivity contribution is 5.76. The second-order valence-electron chi connectivity index (χ2n) is 3.03. The number of likely N-dealkylation sites (tertiary alicyclic amines) is 1. The Labute approximate surface area is 72.1 Å². The quantitative estimate of drug-likeness (QED) is 0.632. The summed E-state index contributed by atoms with van der Waals surface area (Å²) in [5, 5.41) is 9.15. The number of rotatable bonds is 3. The first-order chi connectivity index (χ1) is 5.74. The van der Waals surface area contributed by atoms with Gasteiger partial charge in [0, 0.05) is 20.2 Å². The molecule has 1 N–H and O–H groups in total. The summed E-state index contributed by atoms with van der Waals surface area (Å²) in [6, 6.07) is 0. The Morgan fingerprint density at radius 3 is 3.00 bits per heavy atom. The maximum absolute atomic E-state index is 11.3. The van der Waals surface area contributed by atoms with Crippen LogP contribution in [0.4, 0.5) is 0 Å². The molecule has 0 bridgehead atoms. The Balaban J connectivity index is 2.23. The Morgan fingerprint density at radius 2 is 2.50 bits per heavy atom. The number of carbonyl (C=O) groups excluding carboxylic acids is 1. The zero-order valence-electron chi connectivity index (χ0n) is 7.32. The molecule has 0 aliphatic carbocycles. The number of β-amino-alcohol motifs (C(OH)–C–C–N with tert-alkyl or cyclic N) is 1. The molecule has 1 atom stereocenters. The third kappa shape index (κ3) is 2.46. The average Bonchev–Trinajstić information content (AvgIpc) is 2.47. The largest absolute Gasteiger partial charge is 0.391 e. The van der Waals surface area contributed by atoms with Crippen LogP contribution in [0.5, 0.6) is 0 Å². The van der Waals surface area contributed by atoms with Crippen molar-refractivity contribution in [1.82, 2.24) is 4.90 Å². The van der Waals surface area contributed by atoms with Crippen molar-refractivity contribution >= 4 is 5.91 Å². The maximum atomic E-state index is 11.3. The number of hydrogen-bond donors (Lipinski definition) is 1. The molecule has 0 saturated carbocycles. The average molecular weight is 173 g/mol. The van der Waals surface area contributed by atoms with Gasteiger partial charge >= 0.3 is 0 Å². The summed E-state index contributed by atoms with van der Waals surface area (Å²) < 4.78 is 4.79. The predicted octanol–water partition coefficient (Wildman–Crippen LogP) is -0.384. The molecule has 0 aromatic heterocycles. The highest BCUT2D eigenvalue weighted by atomic mass is 16.5. The van der Waals surface area contributed by atoms with Gasteiger partial charge in [-0.1, -0.05) is 0 Å². The molecular formula is C8H15NO3. The van der Waals surface area contributed by atoms with Gasteiger partial charge < -0.3 is 14.7 Å². The van der Waals surface area contributed by atoms with Crippen molar-refractivity contribution in [3.05, 3.63) is 0 Å². The second-order valence-corrected chi connectivity index (χ2v) is 3.03. The fourth-order valence-corrected chi connectivity index (χ4v) is 1.32. The van der Waals surface area contributed by atoms with Gasteiger partial charge in [-0.2, -0.15) is 0 Å². The zero-order valence-corrected chi connectivity index (χ0v) is 7.32. The van der Waals surface area contributed by atoms with Crippen LogP contribution in [0.15, 0.2) is 0 Å². The molecule has 4 nitrogen and oxygen atoms in total. The van der Waals surface area contributed by atoms with E-state index in [2.05, 4.69) is 0 Å². The van der Waals surface area contributed by atoms with Gasteiger partial charge in [0.15, 0.2) is 0 Å². The standard InChI is InChI=1S/C8H15NO3/c1-12-5-3-8(11)9-4-2-7(10)6-9/h7,10H,2-6H2,1H3/t7-/m0/s1. The van der Waals surface area contributed by atoms with Gasteiger partial charge in [0.05, 0.1) is 19.1 Å². The van der Waals surface area contributed by atoms with Crippen LogP contribution in [0.1, 0.15) is 12.8 Å². The van der Waals surface area contributed by atoms with E-state index in [1.54, 1.807) is 12.0 Å². The summed E-state index contributed by atoms with van der Waals surface area (Å²) in [4.78, 5) is 13.0. The van der Waals surface area contributed by atoms with Crippen LogP contribution in [0.25, 0.3) is 0 Å². The summed E-state index contributed by atoms with van der Waals surface area (Å²) in [5.41, 5.74) is 0. The smallest absolute Gasteiger partial charge is 0.224 e. The molecule has 1 aliphatic rings. The van der Waals surface area contributed by atoms with Gasteiger partial charge in [0.1, 0.15) is 0 Å². The van der Waals surface area contributed by atoms with Gasteiger partial charge in [-0.3, -0.25) is 4.79 Å². The van der Waals surface area contributed by atoms with Crippen LogP contribution >= 0.6 is 0 Å². The first-order valence-electron chi connectivity index (χ1n) is 4.19. The van der Waals surface area contributed by atoms with Gasteiger partial charge in [-0.15, -0.1) is 0 Å². The molecule has 0 unspecified atom stereocenters. The molecule has 0 spiro atoms. The van der Waals surface area contributed by atoms with Crippen molar-refractivity contribution in [3.63, 3.8) is 0 Å². The summed E-state index contributed by atoms with van der Waals surface area (Å²) >= 11 is 0. The van der Waals surface area contributed by atoms with Gasteiger partial charge in [0.2, 0.25) is 5.91 Å². The van der Waals surface area contributed by atoms with Crippen molar-refractivity contribution in [2.45, 2.75) is 18.9 Å². The molecule has 4 heteroatoms. The van der Waals surface area contributed by atoms with Gasteiger partial charge in [0.25, 0.3) is 0 Å². The highest BCUT2D eigenvalue weighted by Crippen LogP contribution is 2.09. The number of aliphatic hydroxyl groups excluding tert-OH is 1. The first kappa shape index (κ1) is 9.48. The van der Waals surface area contributed by atoms with E-state index in [-0.39, 0.29) is 12.0 Å². The third-order valence-electron chi connectivity index (χ3n) is 2.04. The lowest BCUT2D eigenvalue weighted by Crippen LogP contribution is -2.30. The molecular weight excluding hydrogens is 158 g/mol. The zero-order chi connectivity index (χ0) is 8.97. The molecule has 1 rings (SSSR count). The fraction of sp³-hybridized carbons (Fsp3) is 0.875. The van der Waals surface area contributed by atoms with Crippen LogP contribution in [-0.2, 0) is 9.53 Å². The lowest BCUT2D eigenvalue weighted by atomic mass is 10.3. The maximum Gasteiger partial charge on any atom is 0.224 e. The number of aliphatic hydroxyl groups is 1. The van der Waals surface area contributed by atoms with Gasteiger partial charge in [-0.25, -0.2) is 0 Å². The molecule has 0 aromatic rings. The molecule has 0 aromatic carbocycles. The Hall–Kier alpha value is -0.610. The van der Waals surface area contributed by atoms with E-state index in [4.69, 9.17) is 9.84 Å². The Kier molecular flexibility index (Phi) is 3.49. The van der Waals surface area contributed by atoms with Gasteiger partial charge in [-0.05, 0) is 6.42 Å². The first-order valence-corrected chi connectivity index (χ1v) is 4.19. The van der Waals surface area contributed by atoms with E-state index in [9.17, 15) is 4.79 Å². The number of amides is 1. The lowest BCUT2D eigenvalue weighted by molar-refractivity contribution is -0.131. The summed E-state index contributed by atoms with van der Waals surface area (Å²) in [6.07, 6.45) is 0.804. The van der Waals surface area contributed by atoms with Crippen LogP contribution in [-0.4, -0.2) is 48.8 Å². The minimum absolute atomic E-state index is 0.0772. The molecule has 1 heterocycles. The van der Waals surface area contributed by atoms with Crippen molar-refractivity contribution in [2.24, 2.45) is 0 Å². The van der Waals surface area contributed by atoms with E-state index in [0.717, 1.165) is 0 Å². The molecule has 1 aliphatic heterocycles. The number of ether oxygens (including phenoxy) is 1. The third-order valence-corrected chi connectivity index (χ3v) is 2.04. The van der Waals surface area contributed by atoms with Crippen LogP contribution in [0, 0.1) is 0 Å². The normalized spacial score (nSPS) is 23.2. The van der Waals surface area contributed by atoms with Crippen molar-refractivity contribution in [1.29, 1.82) is 0 Å².